The second kappa shape index (κ2) is 6.48. The van der Waals surface area contributed by atoms with E-state index < -0.39 is 6.10 Å². The van der Waals surface area contributed by atoms with Crippen LogP contribution in [0.15, 0.2) is 40.9 Å². The monoisotopic (exact) mass is 356 g/mol. The van der Waals surface area contributed by atoms with Gasteiger partial charge in [-0.15, -0.1) is 0 Å². The zero-order valence-corrected chi connectivity index (χ0v) is 13.4. The van der Waals surface area contributed by atoms with Crippen LogP contribution in [0.25, 0.3) is 0 Å². The van der Waals surface area contributed by atoms with Gasteiger partial charge in [-0.05, 0) is 34.1 Å². The van der Waals surface area contributed by atoms with Gasteiger partial charge in [0.2, 0.25) is 0 Å². The number of hydrogen-bond donors (Lipinski definition) is 1. The van der Waals surface area contributed by atoms with Gasteiger partial charge in [0.15, 0.2) is 0 Å². The van der Waals surface area contributed by atoms with Crippen molar-refractivity contribution in [3.8, 4) is 11.5 Å². The molecule has 0 amide bonds. The van der Waals surface area contributed by atoms with Crippen LogP contribution in [-0.2, 0) is 0 Å². The number of aliphatic hydroxyl groups is 1. The first-order valence-electron chi connectivity index (χ1n) is 5.92. The Balaban J connectivity index is 2.53. The number of hydrogen-bond acceptors (Lipinski definition) is 3. The van der Waals surface area contributed by atoms with Crippen molar-refractivity contribution < 1.29 is 14.6 Å². The van der Waals surface area contributed by atoms with Gasteiger partial charge < -0.3 is 14.6 Å². The molecular formula is C15H14BrClO3. The second-order valence-corrected chi connectivity index (χ2v) is 5.41. The lowest BCUT2D eigenvalue weighted by Gasteiger charge is -2.18. The molecule has 2 aromatic carbocycles. The van der Waals surface area contributed by atoms with E-state index in [4.69, 9.17) is 21.1 Å². The van der Waals surface area contributed by atoms with Gasteiger partial charge in [-0.3, -0.25) is 0 Å². The first kappa shape index (κ1) is 15.2. The van der Waals surface area contributed by atoms with Crippen molar-refractivity contribution in [2.24, 2.45) is 0 Å². The van der Waals surface area contributed by atoms with Crippen LogP contribution in [0.4, 0.5) is 0 Å². The maximum Gasteiger partial charge on any atom is 0.133 e. The molecule has 0 saturated heterocycles. The minimum atomic E-state index is -0.888. The van der Waals surface area contributed by atoms with Gasteiger partial charge in [-0.2, -0.15) is 0 Å². The molecule has 106 valence electrons. The Morgan fingerprint density at radius 1 is 1.05 bits per heavy atom. The van der Waals surface area contributed by atoms with Crippen LogP contribution in [0.5, 0.6) is 11.5 Å². The molecule has 0 spiro atoms. The molecule has 0 fully saturated rings. The smallest absolute Gasteiger partial charge is 0.133 e. The Hall–Kier alpha value is -1.23. The van der Waals surface area contributed by atoms with Gasteiger partial charge in [-0.1, -0.05) is 29.8 Å². The van der Waals surface area contributed by atoms with Crippen LogP contribution in [0.1, 0.15) is 17.2 Å². The van der Waals surface area contributed by atoms with E-state index in [1.807, 2.05) is 12.1 Å². The zero-order chi connectivity index (χ0) is 14.7. The van der Waals surface area contributed by atoms with Gasteiger partial charge in [0.1, 0.15) is 17.6 Å². The molecule has 1 N–H and O–H groups in total. The van der Waals surface area contributed by atoms with Crippen LogP contribution in [0.3, 0.4) is 0 Å². The summed E-state index contributed by atoms with van der Waals surface area (Å²) in [6.45, 7) is 0. The zero-order valence-electron chi connectivity index (χ0n) is 11.1. The highest BCUT2D eigenvalue weighted by molar-refractivity contribution is 9.10. The highest BCUT2D eigenvalue weighted by atomic mass is 79.9. The summed E-state index contributed by atoms with van der Waals surface area (Å²) in [4.78, 5) is 0. The molecule has 2 rings (SSSR count). The summed E-state index contributed by atoms with van der Waals surface area (Å²) in [5.74, 6) is 1.18. The third-order valence-electron chi connectivity index (χ3n) is 3.00. The van der Waals surface area contributed by atoms with Gasteiger partial charge in [0, 0.05) is 16.1 Å². The fraction of sp³-hybridized carbons (Fsp3) is 0.200. The van der Waals surface area contributed by atoms with Crippen molar-refractivity contribution in [1.29, 1.82) is 0 Å². The lowest BCUT2D eigenvalue weighted by Crippen LogP contribution is -2.04. The van der Waals surface area contributed by atoms with E-state index in [1.54, 1.807) is 38.5 Å². The standard InChI is InChI=1S/C15H14BrClO3/c1-19-13-8-11(16)14(20-2)7-10(13)15(18)9-5-3-4-6-12(9)17/h3-8,15,18H,1-2H3. The molecule has 0 aliphatic heterocycles. The number of halogens is 2. The van der Waals surface area contributed by atoms with Crippen molar-refractivity contribution in [2.75, 3.05) is 14.2 Å². The molecule has 0 heterocycles. The number of benzene rings is 2. The molecule has 0 bridgehead atoms. The molecule has 5 heteroatoms. The predicted molar refractivity (Wildman–Crippen MR) is 82.8 cm³/mol. The fourth-order valence-corrected chi connectivity index (χ4v) is 2.69. The lowest BCUT2D eigenvalue weighted by molar-refractivity contribution is 0.214. The largest absolute Gasteiger partial charge is 0.496 e. The lowest BCUT2D eigenvalue weighted by atomic mass is 10.0. The summed E-state index contributed by atoms with van der Waals surface area (Å²) in [5.41, 5.74) is 1.22. The summed E-state index contributed by atoms with van der Waals surface area (Å²) in [7, 11) is 3.12. The van der Waals surface area contributed by atoms with E-state index in [-0.39, 0.29) is 0 Å². The molecule has 1 unspecified atom stereocenters. The Kier molecular flexibility index (Phi) is 4.91. The van der Waals surface area contributed by atoms with Crippen molar-refractivity contribution in [1.82, 2.24) is 0 Å². The fourth-order valence-electron chi connectivity index (χ4n) is 1.96. The highest BCUT2D eigenvalue weighted by Gasteiger charge is 2.20. The van der Waals surface area contributed by atoms with Crippen LogP contribution in [0.2, 0.25) is 5.02 Å². The van der Waals surface area contributed by atoms with Gasteiger partial charge in [0.25, 0.3) is 0 Å². The maximum atomic E-state index is 10.6. The van der Waals surface area contributed by atoms with Crippen LogP contribution >= 0.6 is 27.5 Å². The Labute approximate surface area is 131 Å². The normalized spacial score (nSPS) is 12.1. The summed E-state index contributed by atoms with van der Waals surface area (Å²) >= 11 is 9.52. The van der Waals surface area contributed by atoms with E-state index in [1.165, 1.54) is 0 Å². The molecule has 0 aromatic heterocycles. The number of rotatable bonds is 4. The van der Waals surface area contributed by atoms with Crippen molar-refractivity contribution in [3.05, 3.63) is 57.0 Å². The molecular weight excluding hydrogens is 344 g/mol. The van der Waals surface area contributed by atoms with E-state index in [0.29, 0.717) is 27.6 Å². The number of ether oxygens (including phenoxy) is 2. The average Bonchev–Trinajstić information content (AvgIpc) is 2.46. The molecule has 3 nitrogen and oxygen atoms in total. The quantitative estimate of drug-likeness (QED) is 0.891. The van der Waals surface area contributed by atoms with Gasteiger partial charge in [0.05, 0.1) is 18.7 Å². The van der Waals surface area contributed by atoms with Gasteiger partial charge >= 0.3 is 0 Å². The molecule has 2 aromatic rings. The Morgan fingerprint density at radius 2 is 1.70 bits per heavy atom. The van der Waals surface area contributed by atoms with E-state index in [0.717, 1.165) is 4.47 Å². The van der Waals surface area contributed by atoms with E-state index in [2.05, 4.69) is 15.9 Å². The Morgan fingerprint density at radius 3 is 2.30 bits per heavy atom. The molecule has 1 atom stereocenters. The first-order chi connectivity index (χ1) is 9.58. The third-order valence-corrected chi connectivity index (χ3v) is 3.96. The average molecular weight is 358 g/mol. The molecule has 20 heavy (non-hydrogen) atoms. The van der Waals surface area contributed by atoms with Crippen LogP contribution in [-0.4, -0.2) is 19.3 Å². The number of methoxy groups -OCH3 is 2. The summed E-state index contributed by atoms with van der Waals surface area (Å²) in [6.07, 6.45) is -0.888. The molecule has 0 aliphatic rings. The topological polar surface area (TPSA) is 38.7 Å². The van der Waals surface area contributed by atoms with Gasteiger partial charge in [-0.25, -0.2) is 0 Å². The molecule has 0 aliphatic carbocycles. The molecule has 0 radical (unpaired) electrons. The van der Waals surface area contributed by atoms with Crippen molar-refractivity contribution in [3.63, 3.8) is 0 Å². The Bertz CT molecular complexity index is 616. The number of aliphatic hydroxyl groups excluding tert-OH is 1. The predicted octanol–water partition coefficient (Wildman–Crippen LogP) is 4.20. The van der Waals surface area contributed by atoms with Crippen molar-refractivity contribution in [2.45, 2.75) is 6.10 Å². The van der Waals surface area contributed by atoms with E-state index in [9.17, 15) is 5.11 Å². The van der Waals surface area contributed by atoms with Crippen molar-refractivity contribution >= 4 is 27.5 Å². The maximum absolute atomic E-state index is 10.6. The minimum absolute atomic E-state index is 0.504. The first-order valence-corrected chi connectivity index (χ1v) is 7.09. The third kappa shape index (κ3) is 2.92. The summed E-state index contributed by atoms with van der Waals surface area (Å²) < 4.78 is 11.3. The second-order valence-electron chi connectivity index (χ2n) is 4.15. The summed E-state index contributed by atoms with van der Waals surface area (Å²) in [5, 5.41) is 11.1. The van der Waals surface area contributed by atoms with E-state index >= 15 is 0 Å². The van der Waals surface area contributed by atoms with Crippen LogP contribution in [0, 0.1) is 0 Å². The summed E-state index contributed by atoms with van der Waals surface area (Å²) in [6, 6.07) is 10.7. The molecule has 0 saturated carbocycles. The highest BCUT2D eigenvalue weighted by Crippen LogP contribution is 2.39. The SMILES string of the molecule is COc1cc(C(O)c2ccccc2Cl)c(OC)cc1Br. The van der Waals surface area contributed by atoms with Crippen LogP contribution < -0.4 is 9.47 Å². The minimum Gasteiger partial charge on any atom is -0.496 e.